The Kier molecular flexibility index (Phi) is 2.70. The second-order valence-corrected chi connectivity index (χ2v) is 2.48. The molecule has 0 unspecified atom stereocenters. The van der Waals surface area contributed by atoms with E-state index in [0.29, 0.717) is 5.75 Å². The number of nitrogens with zero attached hydrogens (tertiary/aromatic N) is 1. The van der Waals surface area contributed by atoms with Crippen LogP contribution in [0.5, 0.6) is 5.75 Å². The lowest BCUT2D eigenvalue weighted by Crippen LogP contribution is -2.00. The van der Waals surface area contributed by atoms with Gasteiger partial charge in [0, 0.05) is 5.56 Å². The van der Waals surface area contributed by atoms with Crippen LogP contribution in [-0.2, 0) is 6.42 Å². The largest absolute Gasteiger partial charge is 0.495 e. The minimum Gasteiger partial charge on any atom is -0.495 e. The molecule has 1 aromatic rings. The van der Waals surface area contributed by atoms with Gasteiger partial charge in [-0.3, -0.25) is 0 Å². The normalized spacial score (nSPS) is 9.31. The lowest BCUT2D eigenvalue weighted by Gasteiger charge is -2.08. The number of hydrogen-bond donors (Lipinski definition) is 1. The molecule has 0 atom stereocenters. The zero-order valence-corrected chi connectivity index (χ0v) is 7.17. The molecule has 0 aromatic heterocycles. The van der Waals surface area contributed by atoms with E-state index in [1.807, 2.05) is 6.07 Å². The van der Waals surface area contributed by atoms with Crippen LogP contribution in [0.3, 0.4) is 0 Å². The van der Waals surface area contributed by atoms with Crippen LogP contribution in [-0.4, -0.2) is 7.11 Å². The molecule has 13 heavy (non-hydrogen) atoms. The molecule has 2 N–H and O–H groups in total. The van der Waals surface area contributed by atoms with Crippen molar-refractivity contribution in [2.45, 2.75) is 6.42 Å². The Morgan fingerprint density at radius 1 is 1.62 bits per heavy atom. The van der Waals surface area contributed by atoms with Gasteiger partial charge in [0.1, 0.15) is 11.6 Å². The van der Waals surface area contributed by atoms with Crippen LogP contribution >= 0.6 is 0 Å². The predicted octanol–water partition coefficient (Wildman–Crippen LogP) is 1.48. The summed E-state index contributed by atoms with van der Waals surface area (Å²) < 4.78 is 18.0. The number of anilines is 1. The van der Waals surface area contributed by atoms with E-state index in [-0.39, 0.29) is 17.7 Å². The van der Waals surface area contributed by atoms with Crippen molar-refractivity contribution >= 4 is 5.69 Å². The number of rotatable bonds is 2. The van der Waals surface area contributed by atoms with Gasteiger partial charge in [-0.2, -0.15) is 5.26 Å². The van der Waals surface area contributed by atoms with Crippen LogP contribution in [0.4, 0.5) is 10.1 Å². The summed E-state index contributed by atoms with van der Waals surface area (Å²) in [5, 5.41) is 8.42. The van der Waals surface area contributed by atoms with Gasteiger partial charge < -0.3 is 10.5 Å². The van der Waals surface area contributed by atoms with Gasteiger partial charge in [-0.05, 0) is 12.1 Å². The highest BCUT2D eigenvalue weighted by atomic mass is 19.1. The molecule has 0 heterocycles. The Morgan fingerprint density at radius 3 is 2.85 bits per heavy atom. The molecule has 1 aromatic carbocycles. The van der Waals surface area contributed by atoms with Crippen molar-refractivity contribution in [2.24, 2.45) is 0 Å². The summed E-state index contributed by atoms with van der Waals surface area (Å²) in [7, 11) is 1.44. The third kappa shape index (κ3) is 1.70. The second-order valence-electron chi connectivity index (χ2n) is 2.48. The van der Waals surface area contributed by atoms with Gasteiger partial charge in [-0.15, -0.1) is 0 Å². The molecular weight excluding hydrogens is 171 g/mol. The van der Waals surface area contributed by atoms with Crippen LogP contribution in [0.15, 0.2) is 12.1 Å². The fourth-order valence-corrected chi connectivity index (χ4v) is 1.05. The van der Waals surface area contributed by atoms with Crippen molar-refractivity contribution in [3.05, 3.63) is 23.5 Å². The number of halogens is 1. The minimum atomic E-state index is -0.472. The first-order chi connectivity index (χ1) is 6.20. The van der Waals surface area contributed by atoms with Crippen LogP contribution in [0, 0.1) is 17.1 Å². The number of nitrogens with two attached hydrogens (primary N) is 1. The van der Waals surface area contributed by atoms with Gasteiger partial charge >= 0.3 is 0 Å². The summed E-state index contributed by atoms with van der Waals surface area (Å²) in [4.78, 5) is 0. The van der Waals surface area contributed by atoms with E-state index >= 15 is 0 Å². The van der Waals surface area contributed by atoms with Gasteiger partial charge in [0.15, 0.2) is 0 Å². The summed E-state index contributed by atoms with van der Waals surface area (Å²) in [6.07, 6.45) is -0.0468. The molecule has 0 aliphatic carbocycles. The van der Waals surface area contributed by atoms with Crippen molar-refractivity contribution in [1.82, 2.24) is 0 Å². The number of methoxy groups -OCH3 is 1. The van der Waals surface area contributed by atoms with Gasteiger partial charge in [-0.25, -0.2) is 4.39 Å². The van der Waals surface area contributed by atoms with E-state index < -0.39 is 5.82 Å². The monoisotopic (exact) mass is 180 g/mol. The van der Waals surface area contributed by atoms with E-state index in [9.17, 15) is 4.39 Å². The highest BCUT2D eigenvalue weighted by molar-refractivity contribution is 5.59. The molecule has 3 nitrogen and oxygen atoms in total. The summed E-state index contributed by atoms with van der Waals surface area (Å²) in [6.45, 7) is 0. The Hall–Kier alpha value is -1.76. The Balaban J connectivity index is 3.23. The predicted molar refractivity (Wildman–Crippen MR) is 46.7 cm³/mol. The van der Waals surface area contributed by atoms with Gasteiger partial charge in [0.05, 0.1) is 25.3 Å². The number of ether oxygens (including phenoxy) is 1. The Morgan fingerprint density at radius 2 is 2.31 bits per heavy atom. The van der Waals surface area contributed by atoms with Crippen LogP contribution < -0.4 is 10.5 Å². The number of hydrogen-bond acceptors (Lipinski definition) is 3. The number of nitrogen functional groups attached to an aromatic ring is 1. The summed E-state index contributed by atoms with van der Waals surface area (Å²) in [6, 6.07) is 4.52. The zero-order valence-electron chi connectivity index (χ0n) is 7.17. The molecule has 0 saturated carbocycles. The van der Waals surface area contributed by atoms with Gasteiger partial charge in [0.25, 0.3) is 0 Å². The molecule has 1 rings (SSSR count). The molecular formula is C9H9FN2O. The average molecular weight is 180 g/mol. The number of nitriles is 1. The van der Waals surface area contributed by atoms with Crippen LogP contribution in [0.2, 0.25) is 0 Å². The van der Waals surface area contributed by atoms with Crippen molar-refractivity contribution in [3.8, 4) is 11.8 Å². The van der Waals surface area contributed by atoms with Crippen LogP contribution in [0.1, 0.15) is 5.56 Å². The molecule has 0 saturated heterocycles. The molecule has 0 bridgehead atoms. The molecule has 4 heteroatoms. The standard InChI is InChI=1S/C9H9FN2O/c1-13-8-3-2-7(10)6(4-5-11)9(8)12/h2-3H,4,12H2,1H3. The Labute approximate surface area is 75.5 Å². The first-order valence-electron chi connectivity index (χ1n) is 3.68. The highest BCUT2D eigenvalue weighted by Gasteiger charge is 2.10. The van der Waals surface area contributed by atoms with E-state index in [2.05, 4.69) is 0 Å². The molecule has 0 spiro atoms. The third-order valence-electron chi connectivity index (χ3n) is 1.74. The molecule has 0 amide bonds. The molecule has 68 valence electrons. The van der Waals surface area contributed by atoms with Crippen molar-refractivity contribution < 1.29 is 9.13 Å². The van der Waals surface area contributed by atoms with E-state index in [1.54, 1.807) is 0 Å². The lowest BCUT2D eigenvalue weighted by molar-refractivity contribution is 0.415. The number of benzene rings is 1. The minimum absolute atomic E-state index is 0.0468. The first-order valence-corrected chi connectivity index (χ1v) is 3.68. The molecule has 0 fully saturated rings. The van der Waals surface area contributed by atoms with Crippen LogP contribution in [0.25, 0.3) is 0 Å². The molecule has 0 aliphatic heterocycles. The zero-order chi connectivity index (χ0) is 9.84. The second kappa shape index (κ2) is 3.76. The molecule has 0 radical (unpaired) electrons. The first kappa shape index (κ1) is 9.33. The maximum atomic E-state index is 13.1. The molecule has 0 aliphatic rings. The fourth-order valence-electron chi connectivity index (χ4n) is 1.05. The maximum Gasteiger partial charge on any atom is 0.142 e. The summed E-state index contributed by atoms with van der Waals surface area (Å²) in [5.41, 5.74) is 5.96. The van der Waals surface area contributed by atoms with Gasteiger partial charge in [-0.1, -0.05) is 0 Å². The van der Waals surface area contributed by atoms with Crippen molar-refractivity contribution in [3.63, 3.8) is 0 Å². The topological polar surface area (TPSA) is 59.0 Å². The smallest absolute Gasteiger partial charge is 0.142 e. The van der Waals surface area contributed by atoms with Gasteiger partial charge in [0.2, 0.25) is 0 Å². The van der Waals surface area contributed by atoms with Crippen molar-refractivity contribution in [2.75, 3.05) is 12.8 Å². The SMILES string of the molecule is COc1ccc(F)c(CC#N)c1N. The summed E-state index contributed by atoms with van der Waals surface area (Å²) >= 11 is 0. The van der Waals surface area contributed by atoms with E-state index in [0.717, 1.165) is 0 Å². The lowest BCUT2D eigenvalue weighted by atomic mass is 10.1. The highest BCUT2D eigenvalue weighted by Crippen LogP contribution is 2.27. The maximum absolute atomic E-state index is 13.1. The van der Waals surface area contributed by atoms with Crippen molar-refractivity contribution in [1.29, 1.82) is 5.26 Å². The van der Waals surface area contributed by atoms with E-state index in [1.165, 1.54) is 19.2 Å². The average Bonchev–Trinajstić information content (AvgIpc) is 2.12. The third-order valence-corrected chi connectivity index (χ3v) is 1.74. The van der Waals surface area contributed by atoms with E-state index in [4.69, 9.17) is 15.7 Å². The Bertz CT molecular complexity index is 357. The quantitative estimate of drug-likeness (QED) is 0.701. The fraction of sp³-hybridized carbons (Fsp3) is 0.222. The summed E-state index contributed by atoms with van der Waals surface area (Å²) in [5.74, 6) is -0.0773.